The Morgan fingerprint density at radius 3 is 2.24 bits per heavy atom. The zero-order valence-electron chi connectivity index (χ0n) is 13.5. The number of halogens is 2. The zero-order valence-corrected chi connectivity index (χ0v) is 15.8. The van der Waals surface area contributed by atoms with Crippen LogP contribution in [0.4, 0.5) is 5.69 Å². The van der Waals surface area contributed by atoms with Crippen molar-refractivity contribution in [2.75, 3.05) is 19.4 Å². The molecule has 0 heterocycles. The van der Waals surface area contributed by atoms with Gasteiger partial charge in [-0.05, 0) is 42.5 Å². The third kappa shape index (κ3) is 5.16. The fraction of sp³-hybridized carbons (Fsp3) is 0.118. The third-order valence-electron chi connectivity index (χ3n) is 3.16. The highest BCUT2D eigenvalue weighted by Gasteiger charge is 2.15. The van der Waals surface area contributed by atoms with Gasteiger partial charge in [-0.15, -0.1) is 0 Å². The summed E-state index contributed by atoms with van der Waals surface area (Å²) in [5.74, 6) is -0.642. The molecule has 0 aliphatic carbocycles. The van der Waals surface area contributed by atoms with Gasteiger partial charge in [-0.1, -0.05) is 35.3 Å². The average molecular weight is 396 g/mol. The molecule has 0 radical (unpaired) electrons. The van der Waals surface area contributed by atoms with Crippen molar-refractivity contribution in [2.24, 2.45) is 0 Å². The number of benzene rings is 2. The van der Waals surface area contributed by atoms with E-state index in [1.807, 2.05) is 0 Å². The molecule has 2 amide bonds. The molecule has 0 fully saturated rings. The fourth-order valence-corrected chi connectivity index (χ4v) is 2.76. The molecule has 0 aliphatic heterocycles. The summed E-state index contributed by atoms with van der Waals surface area (Å²) in [4.78, 5) is 25.9. The van der Waals surface area contributed by atoms with E-state index < -0.39 is 5.91 Å². The predicted molar refractivity (Wildman–Crippen MR) is 105 cm³/mol. The van der Waals surface area contributed by atoms with Gasteiger partial charge in [-0.2, -0.15) is 0 Å². The highest BCUT2D eigenvalue weighted by Crippen LogP contribution is 2.19. The summed E-state index contributed by atoms with van der Waals surface area (Å²) in [6.07, 6.45) is 0. The molecule has 5 nitrogen and oxygen atoms in total. The van der Waals surface area contributed by atoms with Crippen LogP contribution < -0.4 is 10.6 Å². The van der Waals surface area contributed by atoms with Crippen molar-refractivity contribution in [1.82, 2.24) is 10.2 Å². The summed E-state index contributed by atoms with van der Waals surface area (Å²) in [6.45, 7) is 0. The lowest BCUT2D eigenvalue weighted by atomic mass is 10.1. The number of nitrogens with one attached hydrogen (secondary N) is 2. The highest BCUT2D eigenvalue weighted by molar-refractivity contribution is 7.80. The zero-order chi connectivity index (χ0) is 18.6. The molecule has 25 heavy (non-hydrogen) atoms. The van der Waals surface area contributed by atoms with E-state index >= 15 is 0 Å². The Hall–Kier alpha value is -2.15. The maximum Gasteiger partial charge on any atom is 0.257 e. The van der Waals surface area contributed by atoms with Crippen LogP contribution in [0.5, 0.6) is 0 Å². The molecule has 0 saturated carbocycles. The van der Waals surface area contributed by atoms with E-state index in [1.54, 1.807) is 38.4 Å². The fourth-order valence-electron chi connectivity index (χ4n) is 2.03. The first kappa shape index (κ1) is 19.2. The number of rotatable bonds is 3. The average Bonchev–Trinajstić information content (AvgIpc) is 2.53. The summed E-state index contributed by atoms with van der Waals surface area (Å²) in [7, 11) is 3.31. The molecule has 130 valence electrons. The van der Waals surface area contributed by atoms with Crippen molar-refractivity contribution in [2.45, 2.75) is 0 Å². The molecule has 2 aromatic rings. The molecule has 2 aromatic carbocycles. The minimum atomic E-state index is -0.460. The molecule has 0 aromatic heterocycles. The molecule has 2 rings (SSSR count). The van der Waals surface area contributed by atoms with E-state index in [-0.39, 0.29) is 16.6 Å². The van der Waals surface area contributed by atoms with E-state index in [2.05, 4.69) is 10.6 Å². The number of carbonyl (C=O) groups excluding carboxylic acids is 2. The van der Waals surface area contributed by atoms with Crippen LogP contribution in [0.1, 0.15) is 20.7 Å². The van der Waals surface area contributed by atoms with Crippen LogP contribution in [0.3, 0.4) is 0 Å². The summed E-state index contributed by atoms with van der Waals surface area (Å²) in [5.41, 5.74) is 1.21. The van der Waals surface area contributed by atoms with Gasteiger partial charge in [0.2, 0.25) is 0 Å². The first-order chi connectivity index (χ1) is 11.8. The van der Waals surface area contributed by atoms with Crippen LogP contribution in [0.15, 0.2) is 42.5 Å². The van der Waals surface area contributed by atoms with Gasteiger partial charge in [0, 0.05) is 29.7 Å². The monoisotopic (exact) mass is 395 g/mol. The van der Waals surface area contributed by atoms with Crippen molar-refractivity contribution in [3.63, 3.8) is 0 Å². The summed E-state index contributed by atoms with van der Waals surface area (Å²) in [5, 5.41) is 6.14. The number of para-hydroxylation sites is 1. The number of thiocarbonyl (C=S) groups is 1. The van der Waals surface area contributed by atoms with Gasteiger partial charge in [0.05, 0.1) is 11.3 Å². The Balaban J connectivity index is 2.13. The van der Waals surface area contributed by atoms with Crippen LogP contribution in [0, 0.1) is 0 Å². The number of nitrogens with zero attached hydrogens (tertiary/aromatic N) is 1. The van der Waals surface area contributed by atoms with Crippen LogP contribution in [0.2, 0.25) is 10.0 Å². The van der Waals surface area contributed by atoms with E-state index in [0.29, 0.717) is 21.3 Å². The van der Waals surface area contributed by atoms with Gasteiger partial charge in [0.15, 0.2) is 5.11 Å². The Kier molecular flexibility index (Phi) is 6.36. The molecule has 0 spiro atoms. The molecule has 2 N–H and O–H groups in total. The molecule has 0 bridgehead atoms. The van der Waals surface area contributed by atoms with Gasteiger partial charge < -0.3 is 10.2 Å². The Morgan fingerprint density at radius 1 is 1.04 bits per heavy atom. The largest absolute Gasteiger partial charge is 0.345 e. The van der Waals surface area contributed by atoms with E-state index in [9.17, 15) is 9.59 Å². The van der Waals surface area contributed by atoms with Crippen LogP contribution >= 0.6 is 35.4 Å². The third-order valence-corrected chi connectivity index (χ3v) is 3.80. The van der Waals surface area contributed by atoms with Crippen molar-refractivity contribution in [3.8, 4) is 0 Å². The first-order valence-corrected chi connectivity index (χ1v) is 8.33. The Labute approximate surface area is 160 Å². The minimum Gasteiger partial charge on any atom is -0.345 e. The number of hydrogen-bond donors (Lipinski definition) is 2. The normalized spacial score (nSPS) is 10.1. The smallest absolute Gasteiger partial charge is 0.257 e. The maximum atomic E-state index is 12.2. The molecular weight excluding hydrogens is 381 g/mol. The highest BCUT2D eigenvalue weighted by atomic mass is 35.5. The van der Waals surface area contributed by atoms with Gasteiger partial charge in [-0.3, -0.25) is 14.9 Å². The van der Waals surface area contributed by atoms with E-state index in [1.165, 1.54) is 23.1 Å². The summed E-state index contributed by atoms with van der Waals surface area (Å²) < 4.78 is 0. The number of anilines is 1. The quantitative estimate of drug-likeness (QED) is 0.775. The molecular formula is C17H15Cl2N3O2S. The Bertz CT molecular complexity index is 820. The van der Waals surface area contributed by atoms with Gasteiger partial charge in [0.1, 0.15) is 0 Å². The topological polar surface area (TPSA) is 61.4 Å². The SMILES string of the molecule is CN(C)C(=O)c1ccccc1NC(=S)NC(=O)c1cc(Cl)cc(Cl)c1. The molecule has 0 unspecified atom stereocenters. The van der Waals surface area contributed by atoms with Crippen LogP contribution in [-0.4, -0.2) is 35.9 Å². The lowest BCUT2D eigenvalue weighted by Gasteiger charge is -2.16. The number of hydrogen-bond acceptors (Lipinski definition) is 3. The maximum absolute atomic E-state index is 12.2. The summed E-state index contributed by atoms with van der Waals surface area (Å²) >= 11 is 16.9. The predicted octanol–water partition coefficient (Wildman–Crippen LogP) is 3.82. The van der Waals surface area contributed by atoms with Crippen molar-refractivity contribution in [3.05, 3.63) is 63.6 Å². The first-order valence-electron chi connectivity index (χ1n) is 7.17. The van der Waals surface area contributed by atoms with Crippen LogP contribution in [-0.2, 0) is 0 Å². The lowest BCUT2D eigenvalue weighted by Crippen LogP contribution is -2.35. The Morgan fingerprint density at radius 2 is 1.64 bits per heavy atom. The second-order valence-electron chi connectivity index (χ2n) is 5.31. The van der Waals surface area contributed by atoms with Crippen LogP contribution in [0.25, 0.3) is 0 Å². The number of carbonyl (C=O) groups is 2. The molecule has 0 aliphatic rings. The van der Waals surface area contributed by atoms with Crippen molar-refractivity contribution < 1.29 is 9.59 Å². The van der Waals surface area contributed by atoms with Gasteiger partial charge in [-0.25, -0.2) is 0 Å². The summed E-state index contributed by atoms with van der Waals surface area (Å²) in [6, 6.07) is 11.4. The lowest BCUT2D eigenvalue weighted by molar-refractivity contribution is 0.0828. The van der Waals surface area contributed by atoms with E-state index in [4.69, 9.17) is 35.4 Å². The molecule has 8 heteroatoms. The second-order valence-corrected chi connectivity index (χ2v) is 6.59. The van der Waals surface area contributed by atoms with Crippen molar-refractivity contribution in [1.29, 1.82) is 0 Å². The molecule has 0 saturated heterocycles. The van der Waals surface area contributed by atoms with Crippen molar-refractivity contribution >= 4 is 58.0 Å². The van der Waals surface area contributed by atoms with Gasteiger partial charge >= 0.3 is 0 Å². The molecule has 0 atom stereocenters. The second kappa shape index (κ2) is 8.29. The van der Waals surface area contributed by atoms with Gasteiger partial charge in [0.25, 0.3) is 11.8 Å². The van der Waals surface area contributed by atoms with E-state index in [0.717, 1.165) is 0 Å². The standard InChI is InChI=1S/C17H15Cl2N3O2S/c1-22(2)16(24)13-5-3-4-6-14(13)20-17(25)21-15(23)10-7-11(18)9-12(19)8-10/h3-9H,1-2H3,(H2,20,21,23,25). The number of amides is 2. The minimum absolute atomic E-state index is 0.0557.